The first kappa shape index (κ1) is 27.5. The molecule has 35 heavy (non-hydrogen) atoms. The van der Waals surface area contributed by atoms with Gasteiger partial charge in [-0.05, 0) is 45.6 Å². The Morgan fingerprint density at radius 3 is 2.49 bits per heavy atom. The van der Waals surface area contributed by atoms with Crippen molar-refractivity contribution in [2.24, 2.45) is 5.92 Å². The molecule has 8 nitrogen and oxygen atoms in total. The lowest BCUT2D eigenvalue weighted by Crippen LogP contribution is -2.50. The Morgan fingerprint density at radius 2 is 1.89 bits per heavy atom. The molecule has 0 saturated carbocycles. The van der Waals surface area contributed by atoms with E-state index in [1.165, 1.54) is 4.90 Å². The number of carbonyl (C=O) groups is 1. The smallest absolute Gasteiger partial charge is 0.423 e. The Labute approximate surface area is 205 Å². The topological polar surface area (TPSA) is 76.9 Å². The molecule has 0 spiro atoms. The monoisotopic (exact) mass is 518 g/mol. The summed E-state index contributed by atoms with van der Waals surface area (Å²) in [5.41, 5.74) is -3.39. The van der Waals surface area contributed by atoms with Gasteiger partial charge in [0.05, 0.1) is 17.9 Å². The number of piperidine rings is 1. The number of rotatable bonds is 6. The van der Waals surface area contributed by atoms with Gasteiger partial charge in [0.25, 0.3) is 5.56 Å². The summed E-state index contributed by atoms with van der Waals surface area (Å²) in [6.07, 6.45) is -2.68. The van der Waals surface area contributed by atoms with Gasteiger partial charge < -0.3 is 19.3 Å². The molecule has 3 heterocycles. The Bertz CT molecular complexity index is 971. The molecule has 12 heteroatoms. The van der Waals surface area contributed by atoms with Gasteiger partial charge in [-0.2, -0.15) is 18.3 Å². The van der Waals surface area contributed by atoms with Crippen LogP contribution in [0.1, 0.15) is 39.2 Å². The fraction of sp³-hybridized carbons (Fsp3) is 0.783. The van der Waals surface area contributed by atoms with Gasteiger partial charge in [0, 0.05) is 34.3 Å². The molecule has 3 rings (SSSR count). The number of carbonyl (C=O) groups excluding carboxylic acids is 1. The lowest BCUT2D eigenvalue weighted by Gasteiger charge is -2.37. The molecule has 0 radical (unpaired) electrons. The first-order valence-electron chi connectivity index (χ1n) is 12.1. The van der Waals surface area contributed by atoms with Crippen molar-refractivity contribution in [2.75, 3.05) is 31.1 Å². The zero-order valence-corrected chi connectivity index (χ0v) is 22.4. The molecular formula is C23H37F3N4O4Si. The maximum atomic E-state index is 14.1. The molecule has 2 atom stereocenters. The lowest BCUT2D eigenvalue weighted by molar-refractivity contribution is -0.138. The summed E-state index contributed by atoms with van der Waals surface area (Å²) in [6, 6.07) is 0.545. The van der Waals surface area contributed by atoms with E-state index in [0.29, 0.717) is 19.7 Å². The molecule has 0 unspecified atom stereocenters. The number of hydrogen-bond acceptors (Lipinski definition) is 6. The van der Waals surface area contributed by atoms with Gasteiger partial charge >= 0.3 is 12.3 Å². The predicted molar refractivity (Wildman–Crippen MR) is 129 cm³/mol. The van der Waals surface area contributed by atoms with Crippen LogP contribution < -0.4 is 10.5 Å². The third-order valence-electron chi connectivity index (χ3n) is 6.27. The summed E-state index contributed by atoms with van der Waals surface area (Å²) < 4.78 is 53.9. The highest BCUT2D eigenvalue weighted by molar-refractivity contribution is 6.76. The van der Waals surface area contributed by atoms with Gasteiger partial charge in [-0.3, -0.25) is 4.79 Å². The van der Waals surface area contributed by atoms with E-state index in [4.69, 9.17) is 9.47 Å². The van der Waals surface area contributed by atoms with Crippen molar-refractivity contribution in [3.63, 3.8) is 0 Å². The van der Waals surface area contributed by atoms with Crippen LogP contribution in [0.3, 0.4) is 0 Å². The first-order valence-corrected chi connectivity index (χ1v) is 15.8. The van der Waals surface area contributed by atoms with Crippen LogP contribution in [0.5, 0.6) is 0 Å². The van der Waals surface area contributed by atoms with Crippen molar-refractivity contribution in [2.45, 2.75) is 83.8 Å². The van der Waals surface area contributed by atoms with Gasteiger partial charge in [-0.15, -0.1) is 0 Å². The molecule has 2 fully saturated rings. The van der Waals surface area contributed by atoms with Gasteiger partial charge in [0.15, 0.2) is 0 Å². The average Bonchev–Trinajstić information content (AvgIpc) is 3.13. The number of amides is 1. The van der Waals surface area contributed by atoms with Crippen molar-refractivity contribution in [1.29, 1.82) is 0 Å². The zero-order valence-electron chi connectivity index (χ0n) is 21.4. The van der Waals surface area contributed by atoms with Gasteiger partial charge in [-0.1, -0.05) is 19.6 Å². The number of aromatic nitrogens is 2. The van der Waals surface area contributed by atoms with Crippen molar-refractivity contribution in [3.05, 3.63) is 22.1 Å². The summed E-state index contributed by atoms with van der Waals surface area (Å²) in [5.74, 6) is -0.00955. The highest BCUT2D eigenvalue weighted by atomic mass is 28.3. The van der Waals surface area contributed by atoms with Crippen LogP contribution in [-0.4, -0.2) is 66.7 Å². The SMILES string of the molecule is CC(C)(C)OC(=O)N1CCC[C@@H]2CN(c3cnn(COCC[Si](C)(C)C)c(=O)c3C(F)(F)F)C[C@@H]21. The Kier molecular flexibility index (Phi) is 7.95. The summed E-state index contributed by atoms with van der Waals surface area (Å²) in [4.78, 5) is 28.7. The second-order valence-corrected chi connectivity index (χ2v) is 17.2. The maximum absolute atomic E-state index is 14.1. The average molecular weight is 519 g/mol. The number of fused-ring (bicyclic) bond motifs is 1. The van der Waals surface area contributed by atoms with Crippen molar-refractivity contribution >= 4 is 19.9 Å². The predicted octanol–water partition coefficient (Wildman–Crippen LogP) is 4.41. The van der Waals surface area contributed by atoms with Crippen molar-refractivity contribution in [3.8, 4) is 0 Å². The van der Waals surface area contributed by atoms with Crippen LogP contribution in [-0.2, 0) is 22.4 Å². The molecule has 1 aromatic rings. The van der Waals surface area contributed by atoms with Gasteiger partial charge in [0.2, 0.25) is 0 Å². The highest BCUT2D eigenvalue weighted by Gasteiger charge is 2.46. The van der Waals surface area contributed by atoms with Crippen molar-refractivity contribution in [1.82, 2.24) is 14.7 Å². The van der Waals surface area contributed by atoms with Gasteiger partial charge in [-0.25, -0.2) is 9.48 Å². The fourth-order valence-electron chi connectivity index (χ4n) is 4.53. The zero-order chi connectivity index (χ0) is 26.2. The summed E-state index contributed by atoms with van der Waals surface area (Å²) in [7, 11) is -1.38. The van der Waals surface area contributed by atoms with E-state index in [2.05, 4.69) is 24.7 Å². The van der Waals surface area contributed by atoms with E-state index in [9.17, 15) is 22.8 Å². The maximum Gasteiger partial charge on any atom is 0.423 e. The Morgan fingerprint density at radius 1 is 1.20 bits per heavy atom. The van der Waals surface area contributed by atoms with E-state index in [1.54, 1.807) is 25.7 Å². The summed E-state index contributed by atoms with van der Waals surface area (Å²) in [5, 5.41) is 3.99. The molecule has 2 aliphatic rings. The molecule has 0 aromatic carbocycles. The largest absolute Gasteiger partial charge is 0.444 e. The number of nitrogens with zero attached hydrogens (tertiary/aromatic N) is 4. The number of alkyl halides is 3. The normalized spacial score (nSPS) is 21.3. The third-order valence-corrected chi connectivity index (χ3v) is 7.97. The number of likely N-dealkylation sites (tertiary alicyclic amines) is 1. The van der Waals surface area contributed by atoms with Crippen LogP contribution in [0.25, 0.3) is 0 Å². The molecule has 0 N–H and O–H groups in total. The van der Waals surface area contributed by atoms with Gasteiger partial charge in [0.1, 0.15) is 17.9 Å². The van der Waals surface area contributed by atoms with Crippen LogP contribution in [0.2, 0.25) is 25.7 Å². The van der Waals surface area contributed by atoms with E-state index < -0.39 is 37.1 Å². The number of hydrogen-bond donors (Lipinski definition) is 0. The minimum Gasteiger partial charge on any atom is -0.444 e. The molecule has 198 valence electrons. The second kappa shape index (κ2) is 10.1. The molecular weight excluding hydrogens is 481 g/mol. The molecule has 1 aromatic heterocycles. The molecule has 2 saturated heterocycles. The molecule has 1 amide bonds. The number of halogens is 3. The lowest BCUT2D eigenvalue weighted by atomic mass is 9.92. The number of ether oxygens (including phenoxy) is 2. The molecule has 0 bridgehead atoms. The first-order chi connectivity index (χ1) is 16.1. The Hall–Kier alpha value is -2.08. The van der Waals surface area contributed by atoms with Crippen LogP contribution >= 0.6 is 0 Å². The van der Waals surface area contributed by atoms with Crippen molar-refractivity contribution < 1.29 is 27.4 Å². The van der Waals surface area contributed by atoms with E-state index in [-0.39, 0.29) is 30.9 Å². The van der Waals surface area contributed by atoms with Crippen LogP contribution in [0.15, 0.2) is 11.0 Å². The Balaban J connectivity index is 1.82. The second-order valence-electron chi connectivity index (χ2n) is 11.6. The molecule has 2 aliphatic heterocycles. The van der Waals surface area contributed by atoms with E-state index in [1.807, 2.05) is 0 Å². The summed E-state index contributed by atoms with van der Waals surface area (Å²) >= 11 is 0. The standard InChI is InChI=1S/C23H37F3N4O4Si/c1-22(2,3)34-21(32)29-9-7-8-16-13-28(14-18(16)29)17-12-27-30(15-33-10-11-35(4,5)6)20(31)19(17)23(24,25)26/h12,16,18H,7-11,13-15H2,1-6H3/t16-,18+/m1/s1. The fourth-order valence-corrected chi connectivity index (χ4v) is 5.29. The van der Waals surface area contributed by atoms with Crippen LogP contribution in [0, 0.1) is 5.92 Å². The minimum atomic E-state index is -4.85. The van der Waals surface area contributed by atoms with Crippen LogP contribution in [0.4, 0.5) is 23.7 Å². The molecule has 0 aliphatic carbocycles. The third kappa shape index (κ3) is 6.99. The number of anilines is 1. The highest BCUT2D eigenvalue weighted by Crippen LogP contribution is 2.39. The quantitative estimate of drug-likeness (QED) is 0.410. The minimum absolute atomic E-state index is 0.00955. The van der Waals surface area contributed by atoms with E-state index >= 15 is 0 Å². The van der Waals surface area contributed by atoms with E-state index in [0.717, 1.165) is 29.8 Å². The summed E-state index contributed by atoms with van der Waals surface area (Å²) in [6.45, 7) is 12.8.